The highest BCUT2D eigenvalue weighted by molar-refractivity contribution is 6.72. The van der Waals surface area contributed by atoms with Gasteiger partial charge in [0.1, 0.15) is 0 Å². The Morgan fingerprint density at radius 3 is 1.43 bits per heavy atom. The molecule has 3 heteroatoms. The summed E-state index contributed by atoms with van der Waals surface area (Å²) in [6.45, 7) is 5.49. The molecule has 23 heavy (non-hydrogen) atoms. The summed E-state index contributed by atoms with van der Waals surface area (Å²) >= 11 is 0. The molecule has 0 aliphatic carbocycles. The standard InChI is InChI=1S/C20H24O2Si/c1-3-21-23(22-4-2)19(17-11-7-5-8-12-17)15-16-20(23)18-13-9-6-10-14-18/h5-16,19-20H,3-4H2,1-2H3. The van der Waals surface area contributed by atoms with Crippen LogP contribution in [0.3, 0.4) is 0 Å². The van der Waals surface area contributed by atoms with Crippen LogP contribution < -0.4 is 0 Å². The van der Waals surface area contributed by atoms with Gasteiger partial charge in [0, 0.05) is 24.3 Å². The third-order valence-electron chi connectivity index (χ3n) is 4.42. The minimum atomic E-state index is -2.48. The summed E-state index contributed by atoms with van der Waals surface area (Å²) in [6, 6.07) is 21.2. The summed E-state index contributed by atoms with van der Waals surface area (Å²) in [7, 11) is -2.48. The van der Waals surface area contributed by atoms with Gasteiger partial charge in [0.2, 0.25) is 0 Å². The van der Waals surface area contributed by atoms with Gasteiger partial charge < -0.3 is 8.85 Å². The molecule has 0 spiro atoms. The van der Waals surface area contributed by atoms with Crippen LogP contribution in [0.5, 0.6) is 0 Å². The SMILES string of the molecule is CCO[Si]1(OCC)C(c2ccccc2)C=CC1c1ccccc1. The first-order chi connectivity index (χ1) is 11.3. The lowest BCUT2D eigenvalue weighted by molar-refractivity contribution is 0.175. The average Bonchev–Trinajstić information content (AvgIpc) is 2.96. The molecule has 2 nitrogen and oxygen atoms in total. The molecule has 0 amide bonds. The van der Waals surface area contributed by atoms with E-state index in [-0.39, 0.29) is 11.1 Å². The predicted molar refractivity (Wildman–Crippen MR) is 96.5 cm³/mol. The van der Waals surface area contributed by atoms with E-state index in [1.165, 1.54) is 11.1 Å². The molecule has 2 aromatic carbocycles. The maximum absolute atomic E-state index is 6.42. The van der Waals surface area contributed by atoms with Crippen molar-refractivity contribution in [1.29, 1.82) is 0 Å². The molecule has 0 radical (unpaired) electrons. The quantitative estimate of drug-likeness (QED) is 0.565. The Bertz CT molecular complexity index is 582. The van der Waals surface area contributed by atoms with Crippen molar-refractivity contribution in [2.45, 2.75) is 24.9 Å². The van der Waals surface area contributed by atoms with Gasteiger partial charge in [-0.1, -0.05) is 72.8 Å². The summed E-state index contributed by atoms with van der Waals surface area (Å²) in [5.41, 5.74) is 3.04. The van der Waals surface area contributed by atoms with E-state index in [9.17, 15) is 0 Å². The molecule has 0 bridgehead atoms. The van der Waals surface area contributed by atoms with Crippen molar-refractivity contribution in [2.75, 3.05) is 13.2 Å². The van der Waals surface area contributed by atoms with Crippen molar-refractivity contribution in [3.63, 3.8) is 0 Å². The van der Waals surface area contributed by atoms with Crippen LogP contribution in [0.15, 0.2) is 72.8 Å². The van der Waals surface area contributed by atoms with E-state index < -0.39 is 8.56 Å². The normalized spacial score (nSPS) is 22.3. The lowest BCUT2D eigenvalue weighted by atomic mass is 10.1. The van der Waals surface area contributed by atoms with E-state index in [4.69, 9.17) is 8.85 Å². The van der Waals surface area contributed by atoms with Gasteiger partial charge >= 0.3 is 8.56 Å². The molecule has 1 aliphatic heterocycles. The van der Waals surface area contributed by atoms with Gasteiger partial charge in [-0.2, -0.15) is 0 Å². The van der Waals surface area contributed by atoms with Gasteiger partial charge in [-0.3, -0.25) is 0 Å². The van der Waals surface area contributed by atoms with Crippen LogP contribution in [0.25, 0.3) is 0 Å². The summed E-state index contributed by atoms with van der Waals surface area (Å²) < 4.78 is 12.8. The topological polar surface area (TPSA) is 18.5 Å². The maximum Gasteiger partial charge on any atom is 0.361 e. The molecule has 0 saturated carbocycles. The Morgan fingerprint density at radius 2 is 1.09 bits per heavy atom. The molecule has 0 aromatic heterocycles. The van der Waals surface area contributed by atoms with Crippen molar-refractivity contribution >= 4 is 8.56 Å². The third kappa shape index (κ3) is 3.04. The monoisotopic (exact) mass is 324 g/mol. The van der Waals surface area contributed by atoms with Crippen molar-refractivity contribution in [2.24, 2.45) is 0 Å². The summed E-state index contributed by atoms with van der Waals surface area (Å²) in [5, 5.41) is 0. The molecular formula is C20H24O2Si. The molecule has 0 N–H and O–H groups in total. The van der Waals surface area contributed by atoms with Crippen LogP contribution in [-0.4, -0.2) is 21.8 Å². The first-order valence-electron chi connectivity index (χ1n) is 8.38. The molecule has 120 valence electrons. The highest BCUT2D eigenvalue weighted by atomic mass is 28.4. The molecule has 1 aliphatic rings. The van der Waals surface area contributed by atoms with E-state index in [0.717, 1.165) is 0 Å². The molecule has 2 unspecified atom stereocenters. The van der Waals surface area contributed by atoms with Gasteiger partial charge in [0.05, 0.1) is 0 Å². The second-order valence-electron chi connectivity index (χ2n) is 5.75. The molecule has 2 atom stereocenters. The molecular weight excluding hydrogens is 300 g/mol. The largest absolute Gasteiger partial charge is 0.393 e. The number of hydrogen-bond donors (Lipinski definition) is 0. The summed E-state index contributed by atoms with van der Waals surface area (Å²) in [4.78, 5) is 0. The fourth-order valence-electron chi connectivity index (χ4n) is 3.54. The van der Waals surface area contributed by atoms with Crippen LogP contribution in [0, 0.1) is 0 Å². The van der Waals surface area contributed by atoms with Crippen molar-refractivity contribution in [1.82, 2.24) is 0 Å². The summed E-state index contributed by atoms with van der Waals surface area (Å²) in [5.74, 6) is 0. The maximum atomic E-state index is 6.42. The van der Waals surface area contributed by atoms with Gasteiger partial charge in [-0.05, 0) is 25.0 Å². The van der Waals surface area contributed by atoms with Crippen LogP contribution in [0.2, 0.25) is 0 Å². The Morgan fingerprint density at radius 1 is 0.696 bits per heavy atom. The van der Waals surface area contributed by atoms with E-state index in [0.29, 0.717) is 13.2 Å². The lowest BCUT2D eigenvalue weighted by Crippen LogP contribution is -2.50. The van der Waals surface area contributed by atoms with Gasteiger partial charge in [-0.15, -0.1) is 0 Å². The highest BCUT2D eigenvalue weighted by Crippen LogP contribution is 2.46. The minimum Gasteiger partial charge on any atom is -0.393 e. The Hall–Kier alpha value is -1.68. The van der Waals surface area contributed by atoms with Crippen LogP contribution in [-0.2, 0) is 8.85 Å². The number of allylic oxidation sites excluding steroid dienone is 2. The van der Waals surface area contributed by atoms with Crippen LogP contribution >= 0.6 is 0 Å². The number of benzene rings is 2. The van der Waals surface area contributed by atoms with Crippen molar-refractivity contribution in [3.05, 3.63) is 83.9 Å². The van der Waals surface area contributed by atoms with Crippen LogP contribution in [0.4, 0.5) is 0 Å². The van der Waals surface area contributed by atoms with Crippen molar-refractivity contribution < 1.29 is 8.85 Å². The zero-order valence-electron chi connectivity index (χ0n) is 13.8. The van der Waals surface area contributed by atoms with E-state index in [1.54, 1.807) is 0 Å². The highest BCUT2D eigenvalue weighted by Gasteiger charge is 2.55. The first-order valence-corrected chi connectivity index (χ1v) is 10.3. The average molecular weight is 324 g/mol. The zero-order valence-corrected chi connectivity index (χ0v) is 14.8. The molecule has 1 heterocycles. The predicted octanol–water partition coefficient (Wildman–Crippen LogP) is 4.72. The first kappa shape index (κ1) is 16.2. The van der Waals surface area contributed by atoms with Gasteiger partial charge in [0.25, 0.3) is 0 Å². The van der Waals surface area contributed by atoms with E-state index in [2.05, 4.69) is 86.7 Å². The fraction of sp³-hybridized carbons (Fsp3) is 0.300. The zero-order chi connectivity index (χ0) is 16.1. The van der Waals surface area contributed by atoms with Gasteiger partial charge in [-0.25, -0.2) is 0 Å². The van der Waals surface area contributed by atoms with Crippen molar-refractivity contribution in [3.8, 4) is 0 Å². The second kappa shape index (κ2) is 7.26. The Labute approximate surface area is 140 Å². The summed E-state index contributed by atoms with van der Waals surface area (Å²) in [6.07, 6.45) is 4.59. The van der Waals surface area contributed by atoms with Gasteiger partial charge in [0.15, 0.2) is 0 Å². The smallest absolute Gasteiger partial charge is 0.361 e. The molecule has 0 fully saturated rings. The molecule has 0 saturated heterocycles. The Kier molecular flexibility index (Phi) is 5.11. The fourth-order valence-corrected chi connectivity index (χ4v) is 7.71. The molecule has 3 rings (SSSR count). The van der Waals surface area contributed by atoms with Crippen LogP contribution in [0.1, 0.15) is 36.1 Å². The number of hydrogen-bond acceptors (Lipinski definition) is 2. The van der Waals surface area contributed by atoms with E-state index in [1.807, 2.05) is 0 Å². The molecule has 2 aromatic rings. The van der Waals surface area contributed by atoms with E-state index >= 15 is 0 Å². The minimum absolute atomic E-state index is 0.230. The number of rotatable bonds is 6. The second-order valence-corrected chi connectivity index (χ2v) is 9.01. The third-order valence-corrected chi connectivity index (χ3v) is 8.69. The lowest BCUT2D eigenvalue weighted by Gasteiger charge is -2.37. The Balaban J connectivity index is 2.05.